The molecule has 6 nitrogen and oxygen atoms in total. The average Bonchev–Trinajstić information content (AvgIpc) is 2.57. The van der Waals surface area contributed by atoms with Crippen LogP contribution < -0.4 is 4.74 Å². The van der Waals surface area contributed by atoms with Gasteiger partial charge in [0.25, 0.3) is 0 Å². The second kappa shape index (κ2) is 7.19. The maximum Gasteiger partial charge on any atom is 0.316 e. The molecule has 0 aliphatic carbocycles. The first-order valence-corrected chi connectivity index (χ1v) is 9.28. The Hall–Kier alpha value is -1.84. The molecular formula is C15H14ClF2N3O3S. The van der Waals surface area contributed by atoms with Crippen molar-refractivity contribution in [1.29, 1.82) is 0 Å². The van der Waals surface area contributed by atoms with Crippen molar-refractivity contribution in [3.05, 3.63) is 47.2 Å². The number of sulfonamides is 1. The van der Waals surface area contributed by atoms with Crippen LogP contribution in [-0.2, 0) is 10.0 Å². The molecule has 2 aromatic rings. The molecule has 1 fully saturated rings. The molecule has 3 rings (SSSR count). The van der Waals surface area contributed by atoms with Gasteiger partial charge in [0.15, 0.2) is 4.90 Å². The van der Waals surface area contributed by atoms with Crippen LogP contribution in [0.1, 0.15) is 12.8 Å². The van der Waals surface area contributed by atoms with Gasteiger partial charge in [-0.2, -0.15) is 4.31 Å². The molecule has 0 radical (unpaired) electrons. The van der Waals surface area contributed by atoms with E-state index in [1.54, 1.807) is 0 Å². The SMILES string of the molecule is O=S(=O)(c1c(F)cccc1F)N1CCCC(Oc2ncc(Cl)cn2)C1. The maximum absolute atomic E-state index is 13.9. The average molecular weight is 390 g/mol. The monoisotopic (exact) mass is 389 g/mol. The molecule has 1 atom stereocenters. The van der Waals surface area contributed by atoms with Crippen LogP contribution in [0.5, 0.6) is 6.01 Å². The van der Waals surface area contributed by atoms with E-state index < -0.39 is 32.7 Å². The van der Waals surface area contributed by atoms with Crippen molar-refractivity contribution < 1.29 is 21.9 Å². The van der Waals surface area contributed by atoms with E-state index in [0.717, 1.165) is 22.5 Å². The van der Waals surface area contributed by atoms with Crippen LogP contribution in [0.3, 0.4) is 0 Å². The molecule has 25 heavy (non-hydrogen) atoms. The fraction of sp³-hybridized carbons (Fsp3) is 0.333. The topological polar surface area (TPSA) is 72.4 Å². The molecular weight excluding hydrogens is 376 g/mol. The van der Waals surface area contributed by atoms with E-state index in [2.05, 4.69) is 9.97 Å². The number of rotatable bonds is 4. The van der Waals surface area contributed by atoms with Gasteiger partial charge in [0, 0.05) is 6.54 Å². The molecule has 1 aliphatic rings. The minimum absolute atomic E-state index is 0.0535. The van der Waals surface area contributed by atoms with E-state index in [0.29, 0.717) is 17.9 Å². The lowest BCUT2D eigenvalue weighted by Crippen LogP contribution is -2.44. The van der Waals surface area contributed by atoms with Gasteiger partial charge in [-0.3, -0.25) is 0 Å². The van der Waals surface area contributed by atoms with Crippen molar-refractivity contribution in [2.45, 2.75) is 23.8 Å². The number of hydrogen-bond donors (Lipinski definition) is 0. The molecule has 1 aromatic carbocycles. The predicted octanol–water partition coefficient (Wildman–Crippen LogP) is 2.64. The smallest absolute Gasteiger partial charge is 0.316 e. The minimum atomic E-state index is -4.31. The van der Waals surface area contributed by atoms with Crippen molar-refractivity contribution in [2.75, 3.05) is 13.1 Å². The van der Waals surface area contributed by atoms with E-state index in [9.17, 15) is 17.2 Å². The van der Waals surface area contributed by atoms with E-state index in [1.807, 2.05) is 0 Å². The summed E-state index contributed by atoms with van der Waals surface area (Å²) in [4.78, 5) is 6.84. The number of nitrogens with zero attached hydrogens (tertiary/aromatic N) is 3. The first-order chi connectivity index (χ1) is 11.9. The Labute approximate surface area is 148 Å². The summed E-state index contributed by atoms with van der Waals surface area (Å²) in [5.41, 5.74) is 0. The van der Waals surface area contributed by atoms with Crippen molar-refractivity contribution in [1.82, 2.24) is 14.3 Å². The third-order valence-electron chi connectivity index (χ3n) is 3.73. The van der Waals surface area contributed by atoms with Crippen molar-refractivity contribution >= 4 is 21.6 Å². The van der Waals surface area contributed by atoms with Gasteiger partial charge in [0.1, 0.15) is 17.7 Å². The second-order valence-electron chi connectivity index (χ2n) is 5.48. The van der Waals surface area contributed by atoms with Gasteiger partial charge in [0.2, 0.25) is 10.0 Å². The van der Waals surface area contributed by atoms with Crippen molar-refractivity contribution in [3.8, 4) is 6.01 Å². The first kappa shape index (κ1) is 18.0. The number of aromatic nitrogens is 2. The van der Waals surface area contributed by atoms with Crippen LogP contribution in [0.2, 0.25) is 5.02 Å². The van der Waals surface area contributed by atoms with Crippen molar-refractivity contribution in [3.63, 3.8) is 0 Å². The fourth-order valence-corrected chi connectivity index (χ4v) is 4.30. The summed E-state index contributed by atoms with van der Waals surface area (Å²) < 4.78 is 59.5. The quantitative estimate of drug-likeness (QED) is 0.803. The summed E-state index contributed by atoms with van der Waals surface area (Å²) in [6.07, 6.45) is 3.23. The molecule has 2 heterocycles. The molecule has 1 saturated heterocycles. The number of ether oxygens (including phenoxy) is 1. The molecule has 0 N–H and O–H groups in total. The largest absolute Gasteiger partial charge is 0.459 e. The lowest BCUT2D eigenvalue weighted by Gasteiger charge is -2.31. The highest BCUT2D eigenvalue weighted by atomic mass is 35.5. The lowest BCUT2D eigenvalue weighted by molar-refractivity contribution is 0.119. The van der Waals surface area contributed by atoms with Crippen LogP contribution in [0.15, 0.2) is 35.5 Å². The molecule has 1 aliphatic heterocycles. The standard InChI is InChI=1S/C15H14ClF2N3O3S/c16-10-7-19-15(20-8-10)24-11-3-2-6-21(9-11)25(22,23)14-12(17)4-1-5-13(14)18/h1,4-5,7-8,11H,2-3,6,9H2. The summed E-state index contributed by atoms with van der Waals surface area (Å²) >= 11 is 5.70. The Morgan fingerprint density at radius 3 is 2.48 bits per heavy atom. The molecule has 1 aromatic heterocycles. The Balaban J connectivity index is 1.79. The number of hydrogen-bond acceptors (Lipinski definition) is 5. The van der Waals surface area contributed by atoms with E-state index in [4.69, 9.17) is 16.3 Å². The third kappa shape index (κ3) is 3.88. The zero-order valence-electron chi connectivity index (χ0n) is 12.9. The van der Waals surface area contributed by atoms with Crippen LogP contribution >= 0.6 is 11.6 Å². The van der Waals surface area contributed by atoms with Gasteiger partial charge in [0.05, 0.1) is 24.0 Å². The molecule has 0 spiro atoms. The van der Waals surface area contributed by atoms with Gasteiger partial charge < -0.3 is 4.74 Å². The Kier molecular flexibility index (Phi) is 5.16. The van der Waals surface area contributed by atoms with Gasteiger partial charge in [-0.05, 0) is 25.0 Å². The van der Waals surface area contributed by atoms with Gasteiger partial charge in [-0.15, -0.1) is 0 Å². The van der Waals surface area contributed by atoms with Gasteiger partial charge >= 0.3 is 6.01 Å². The highest BCUT2D eigenvalue weighted by molar-refractivity contribution is 7.89. The molecule has 0 bridgehead atoms. The summed E-state index contributed by atoms with van der Waals surface area (Å²) in [6, 6.07) is 3.00. The van der Waals surface area contributed by atoms with E-state index >= 15 is 0 Å². The van der Waals surface area contributed by atoms with E-state index in [-0.39, 0.29) is 19.1 Å². The third-order valence-corrected chi connectivity index (χ3v) is 5.84. The van der Waals surface area contributed by atoms with Gasteiger partial charge in [-0.25, -0.2) is 27.2 Å². The molecule has 134 valence electrons. The Morgan fingerprint density at radius 1 is 1.20 bits per heavy atom. The summed E-state index contributed by atoms with van der Waals surface area (Å²) in [5, 5.41) is 0.343. The summed E-state index contributed by atoms with van der Waals surface area (Å²) in [5.74, 6) is -2.24. The molecule has 10 heteroatoms. The van der Waals surface area contributed by atoms with Crippen LogP contribution in [0, 0.1) is 11.6 Å². The highest BCUT2D eigenvalue weighted by Crippen LogP contribution is 2.26. The van der Waals surface area contributed by atoms with Crippen molar-refractivity contribution in [2.24, 2.45) is 0 Å². The van der Waals surface area contributed by atoms with Crippen LogP contribution in [0.25, 0.3) is 0 Å². The number of piperidine rings is 1. The second-order valence-corrected chi connectivity index (χ2v) is 7.79. The maximum atomic E-state index is 13.9. The minimum Gasteiger partial charge on any atom is -0.459 e. The van der Waals surface area contributed by atoms with Crippen LogP contribution in [-0.4, -0.2) is 41.9 Å². The lowest BCUT2D eigenvalue weighted by atomic mass is 10.1. The fourth-order valence-electron chi connectivity index (χ4n) is 2.59. The highest BCUT2D eigenvalue weighted by Gasteiger charge is 2.35. The Morgan fingerprint density at radius 2 is 1.84 bits per heavy atom. The summed E-state index contributed by atoms with van der Waals surface area (Å²) in [7, 11) is -4.31. The van der Waals surface area contributed by atoms with Gasteiger partial charge in [-0.1, -0.05) is 17.7 Å². The molecule has 0 saturated carbocycles. The van der Waals surface area contributed by atoms with Crippen LogP contribution in [0.4, 0.5) is 8.78 Å². The Bertz CT molecular complexity index is 845. The molecule has 1 unspecified atom stereocenters. The first-order valence-electron chi connectivity index (χ1n) is 7.46. The number of benzene rings is 1. The number of halogens is 3. The normalized spacial score (nSPS) is 18.9. The summed E-state index contributed by atoms with van der Waals surface area (Å²) in [6.45, 7) is 0.0968. The molecule has 0 amide bonds. The predicted molar refractivity (Wildman–Crippen MR) is 85.8 cm³/mol. The zero-order valence-corrected chi connectivity index (χ0v) is 14.5. The zero-order chi connectivity index (χ0) is 18.0. The van der Waals surface area contributed by atoms with E-state index in [1.165, 1.54) is 12.4 Å².